The largest absolute Gasteiger partial charge is 0.383 e. The number of alkyl halides is 1. The zero-order chi connectivity index (χ0) is 12.9. The number of methoxy groups -OCH3 is 1. The number of ether oxygens (including phenoxy) is 1. The minimum Gasteiger partial charge on any atom is -0.383 e. The van der Waals surface area contributed by atoms with Crippen molar-refractivity contribution in [2.75, 3.05) is 19.0 Å². The summed E-state index contributed by atoms with van der Waals surface area (Å²) in [6.07, 6.45) is 0. The van der Waals surface area contributed by atoms with E-state index >= 15 is 0 Å². The number of rotatable bonds is 6. The van der Waals surface area contributed by atoms with Gasteiger partial charge in [-0.1, -0.05) is 33.6 Å². The Morgan fingerprint density at radius 3 is 2.41 bits per heavy atom. The summed E-state index contributed by atoms with van der Waals surface area (Å²) in [7, 11) is -1.93. The molecule has 0 spiro atoms. The van der Waals surface area contributed by atoms with Crippen molar-refractivity contribution in [3.8, 4) is 0 Å². The predicted molar refractivity (Wildman–Crippen MR) is 71.0 cm³/mol. The molecule has 1 aromatic rings. The molecule has 0 bridgehead atoms. The van der Waals surface area contributed by atoms with E-state index in [-0.39, 0.29) is 10.9 Å². The first-order valence-corrected chi connectivity index (χ1v) is 7.74. The zero-order valence-electron chi connectivity index (χ0n) is 9.81. The van der Waals surface area contributed by atoms with Crippen molar-refractivity contribution in [2.24, 2.45) is 0 Å². The second kappa shape index (κ2) is 6.49. The Morgan fingerprint density at radius 2 is 1.94 bits per heavy atom. The summed E-state index contributed by atoms with van der Waals surface area (Å²) in [4.78, 5) is 0.269. The quantitative estimate of drug-likeness (QED) is 0.811. The van der Waals surface area contributed by atoms with Crippen molar-refractivity contribution < 1.29 is 13.2 Å². The van der Waals surface area contributed by atoms with Crippen LogP contribution in [0.25, 0.3) is 0 Å². The molecule has 1 rings (SSSR count). The van der Waals surface area contributed by atoms with Crippen molar-refractivity contribution in [3.63, 3.8) is 0 Å². The van der Waals surface area contributed by atoms with E-state index in [2.05, 4.69) is 20.7 Å². The monoisotopic (exact) mass is 321 g/mol. The van der Waals surface area contributed by atoms with Gasteiger partial charge in [0.25, 0.3) is 0 Å². The fourth-order valence-electron chi connectivity index (χ4n) is 1.32. The van der Waals surface area contributed by atoms with Crippen LogP contribution in [-0.4, -0.2) is 33.5 Å². The highest BCUT2D eigenvalue weighted by Gasteiger charge is 2.18. The van der Waals surface area contributed by atoms with Gasteiger partial charge in [-0.05, 0) is 19.1 Å². The van der Waals surface area contributed by atoms with Crippen molar-refractivity contribution in [2.45, 2.75) is 17.9 Å². The van der Waals surface area contributed by atoms with Gasteiger partial charge in [0.15, 0.2) is 0 Å². The number of halogens is 1. The number of sulfonamides is 1. The Morgan fingerprint density at radius 1 is 1.35 bits per heavy atom. The molecule has 1 unspecified atom stereocenters. The van der Waals surface area contributed by atoms with E-state index in [0.29, 0.717) is 11.9 Å². The van der Waals surface area contributed by atoms with Gasteiger partial charge in [0.2, 0.25) is 10.0 Å². The molecule has 0 saturated heterocycles. The van der Waals surface area contributed by atoms with E-state index in [1.165, 1.54) is 7.11 Å². The first-order valence-electron chi connectivity index (χ1n) is 5.13. The van der Waals surface area contributed by atoms with Gasteiger partial charge in [0.1, 0.15) is 0 Å². The topological polar surface area (TPSA) is 55.4 Å². The van der Waals surface area contributed by atoms with Gasteiger partial charge in [-0.3, -0.25) is 0 Å². The zero-order valence-corrected chi connectivity index (χ0v) is 12.2. The third-order valence-electron chi connectivity index (χ3n) is 2.21. The number of aryl methyl sites for hydroxylation is 1. The Balaban J connectivity index is 2.84. The molecule has 0 saturated carbocycles. The minimum atomic E-state index is -3.47. The van der Waals surface area contributed by atoms with E-state index < -0.39 is 10.0 Å². The Hall–Kier alpha value is -0.430. The van der Waals surface area contributed by atoms with Gasteiger partial charge < -0.3 is 4.74 Å². The number of hydrogen-bond donors (Lipinski definition) is 1. The lowest BCUT2D eigenvalue weighted by molar-refractivity contribution is 0.182. The molecule has 1 atom stereocenters. The van der Waals surface area contributed by atoms with Crippen molar-refractivity contribution in [1.29, 1.82) is 0 Å². The fourth-order valence-corrected chi connectivity index (χ4v) is 3.10. The van der Waals surface area contributed by atoms with Gasteiger partial charge in [-0.25, -0.2) is 13.1 Å². The fraction of sp³-hybridized carbons (Fsp3) is 0.455. The first kappa shape index (κ1) is 14.6. The van der Waals surface area contributed by atoms with Crippen LogP contribution in [0, 0.1) is 6.92 Å². The smallest absolute Gasteiger partial charge is 0.240 e. The summed E-state index contributed by atoms with van der Waals surface area (Å²) < 4.78 is 31.5. The lowest BCUT2D eigenvalue weighted by Crippen LogP contribution is -2.39. The molecule has 96 valence electrons. The highest BCUT2D eigenvalue weighted by atomic mass is 79.9. The average molecular weight is 322 g/mol. The van der Waals surface area contributed by atoms with Crippen LogP contribution in [0.3, 0.4) is 0 Å². The highest BCUT2D eigenvalue weighted by molar-refractivity contribution is 9.09. The molecule has 0 heterocycles. The van der Waals surface area contributed by atoms with Crippen LogP contribution in [-0.2, 0) is 14.8 Å². The Kier molecular flexibility index (Phi) is 5.58. The lowest BCUT2D eigenvalue weighted by atomic mass is 10.2. The molecule has 17 heavy (non-hydrogen) atoms. The third-order valence-corrected chi connectivity index (χ3v) is 4.53. The molecule has 6 heteroatoms. The van der Waals surface area contributed by atoms with E-state index in [1.807, 2.05) is 6.92 Å². The lowest BCUT2D eigenvalue weighted by Gasteiger charge is -2.15. The summed E-state index contributed by atoms with van der Waals surface area (Å²) in [5.74, 6) is 0. The van der Waals surface area contributed by atoms with Crippen LogP contribution in [0.4, 0.5) is 0 Å². The van der Waals surface area contributed by atoms with Gasteiger partial charge in [-0.2, -0.15) is 0 Å². The Bertz CT molecular complexity index is 444. The summed E-state index contributed by atoms with van der Waals surface area (Å²) in [6.45, 7) is 2.24. The average Bonchev–Trinajstić information content (AvgIpc) is 2.28. The number of nitrogens with one attached hydrogen (secondary N) is 1. The molecule has 0 amide bonds. The molecule has 1 N–H and O–H groups in total. The first-order chi connectivity index (χ1) is 7.99. The standard InChI is InChI=1S/C11H16BrNO3S/c1-9-3-5-11(6-4-9)17(14,15)13-10(7-12)8-16-2/h3-6,10,13H,7-8H2,1-2H3. The van der Waals surface area contributed by atoms with Crippen LogP contribution >= 0.6 is 15.9 Å². The minimum absolute atomic E-state index is 0.269. The molecular weight excluding hydrogens is 306 g/mol. The maximum Gasteiger partial charge on any atom is 0.240 e. The van der Waals surface area contributed by atoms with E-state index in [0.717, 1.165) is 5.56 Å². The normalized spacial score (nSPS) is 13.6. The number of benzene rings is 1. The van der Waals surface area contributed by atoms with Gasteiger partial charge >= 0.3 is 0 Å². The maximum absolute atomic E-state index is 12.0. The SMILES string of the molecule is COCC(CBr)NS(=O)(=O)c1ccc(C)cc1. The molecular formula is C11H16BrNO3S. The number of hydrogen-bond acceptors (Lipinski definition) is 3. The van der Waals surface area contributed by atoms with E-state index in [1.54, 1.807) is 24.3 Å². The van der Waals surface area contributed by atoms with E-state index in [9.17, 15) is 8.42 Å². The predicted octanol–water partition coefficient (Wildman–Crippen LogP) is 1.68. The van der Waals surface area contributed by atoms with Crippen LogP contribution < -0.4 is 4.72 Å². The van der Waals surface area contributed by atoms with Crippen molar-refractivity contribution in [1.82, 2.24) is 4.72 Å². The molecule has 0 aliphatic rings. The molecule has 0 radical (unpaired) electrons. The van der Waals surface area contributed by atoms with Crippen molar-refractivity contribution in [3.05, 3.63) is 29.8 Å². The van der Waals surface area contributed by atoms with E-state index in [4.69, 9.17) is 4.74 Å². The maximum atomic E-state index is 12.0. The molecule has 1 aromatic carbocycles. The van der Waals surface area contributed by atoms with Crippen LogP contribution in [0.2, 0.25) is 0 Å². The van der Waals surface area contributed by atoms with Gasteiger partial charge in [0.05, 0.1) is 17.5 Å². The summed E-state index contributed by atoms with van der Waals surface area (Å²) in [5, 5.41) is 0.506. The second-order valence-corrected chi connectivity index (χ2v) is 6.10. The van der Waals surface area contributed by atoms with Crippen LogP contribution in [0.5, 0.6) is 0 Å². The van der Waals surface area contributed by atoms with Gasteiger partial charge in [0, 0.05) is 12.4 Å². The third kappa shape index (κ3) is 4.39. The molecule has 4 nitrogen and oxygen atoms in total. The van der Waals surface area contributed by atoms with Crippen LogP contribution in [0.1, 0.15) is 5.56 Å². The van der Waals surface area contributed by atoms with Gasteiger partial charge in [-0.15, -0.1) is 0 Å². The molecule has 0 aliphatic carbocycles. The van der Waals surface area contributed by atoms with Crippen molar-refractivity contribution >= 4 is 26.0 Å². The van der Waals surface area contributed by atoms with Crippen LogP contribution in [0.15, 0.2) is 29.2 Å². The Labute approximate surface area is 111 Å². The summed E-state index contributed by atoms with van der Waals surface area (Å²) in [6, 6.07) is 6.46. The molecule has 0 aliphatic heterocycles. The molecule has 0 fully saturated rings. The summed E-state index contributed by atoms with van der Waals surface area (Å²) in [5.41, 5.74) is 1.03. The highest BCUT2D eigenvalue weighted by Crippen LogP contribution is 2.11. The molecule has 0 aromatic heterocycles. The summed E-state index contributed by atoms with van der Waals surface area (Å²) >= 11 is 3.25. The second-order valence-electron chi connectivity index (χ2n) is 3.74.